The van der Waals surface area contributed by atoms with E-state index in [2.05, 4.69) is 12.2 Å². The Morgan fingerprint density at radius 2 is 2.22 bits per heavy atom. The van der Waals surface area contributed by atoms with Crippen molar-refractivity contribution in [2.45, 2.75) is 51.5 Å². The van der Waals surface area contributed by atoms with Gasteiger partial charge in [0.05, 0.1) is 11.8 Å². The van der Waals surface area contributed by atoms with Crippen molar-refractivity contribution in [2.24, 2.45) is 5.92 Å². The zero-order valence-corrected chi connectivity index (χ0v) is 11.5. The average molecular weight is 270 g/mol. The fraction of sp³-hybridized carbons (Fsp3) is 0.643. The van der Waals surface area contributed by atoms with Gasteiger partial charge >= 0.3 is 0 Å². The molecule has 1 aromatic heterocycles. The Labute approximate surface area is 113 Å². The lowest BCUT2D eigenvalue weighted by Gasteiger charge is -2.30. The second-order valence-electron chi connectivity index (χ2n) is 4.99. The van der Waals surface area contributed by atoms with Crippen molar-refractivity contribution in [3.63, 3.8) is 0 Å². The molecule has 4 heteroatoms. The molecule has 18 heavy (non-hydrogen) atoms. The summed E-state index contributed by atoms with van der Waals surface area (Å²) in [6.45, 7) is 2.12. The van der Waals surface area contributed by atoms with Crippen molar-refractivity contribution in [3.05, 3.63) is 23.1 Å². The smallest absolute Gasteiger partial charge is 0.256 e. The minimum absolute atomic E-state index is 0.119. The summed E-state index contributed by atoms with van der Waals surface area (Å²) in [6, 6.07) is 1.87. The maximum absolute atomic E-state index is 12.1. The second kappa shape index (κ2) is 6.28. The average Bonchev–Trinajstić information content (AvgIpc) is 2.83. The topological polar surface area (TPSA) is 42.2 Å². The van der Waals surface area contributed by atoms with Gasteiger partial charge in [-0.2, -0.15) is 0 Å². The van der Waals surface area contributed by atoms with Crippen molar-refractivity contribution in [1.29, 1.82) is 0 Å². The Morgan fingerprint density at radius 3 is 2.78 bits per heavy atom. The van der Waals surface area contributed by atoms with E-state index in [1.54, 1.807) is 6.07 Å². The highest BCUT2D eigenvalue weighted by Gasteiger charge is 2.25. The molecule has 0 bridgehead atoms. The number of hydrogen-bond donors (Lipinski definition) is 1. The molecule has 1 atom stereocenters. The summed E-state index contributed by atoms with van der Waals surface area (Å²) in [6.07, 6.45) is 8.74. The number of halogens is 1. The molecule has 1 amide bonds. The standard InChI is InChI=1S/C14H20ClNO2/c1-2-12(10-6-4-3-5-7-10)16-14(17)11-8-9-18-13(11)15/h8-10,12H,2-7H2,1H3,(H,16,17). The molecule has 1 aliphatic rings. The van der Waals surface area contributed by atoms with E-state index >= 15 is 0 Å². The van der Waals surface area contributed by atoms with Crippen LogP contribution in [-0.2, 0) is 0 Å². The number of carbonyl (C=O) groups excluding carboxylic acids is 1. The summed E-state index contributed by atoms with van der Waals surface area (Å²) < 4.78 is 4.95. The van der Waals surface area contributed by atoms with Crippen molar-refractivity contribution in [3.8, 4) is 0 Å². The molecule has 100 valence electrons. The largest absolute Gasteiger partial charge is 0.452 e. The molecule has 3 nitrogen and oxygen atoms in total. The van der Waals surface area contributed by atoms with Gasteiger partial charge in [0, 0.05) is 6.04 Å². The number of furan rings is 1. The van der Waals surface area contributed by atoms with Crippen LogP contribution in [0, 0.1) is 5.92 Å². The zero-order valence-electron chi connectivity index (χ0n) is 10.7. The van der Waals surface area contributed by atoms with Gasteiger partial charge in [0.1, 0.15) is 0 Å². The Morgan fingerprint density at radius 1 is 1.50 bits per heavy atom. The SMILES string of the molecule is CCC(NC(=O)c1ccoc1Cl)C1CCCCC1. The first kappa shape index (κ1) is 13.5. The zero-order chi connectivity index (χ0) is 13.0. The van der Waals surface area contributed by atoms with E-state index in [4.69, 9.17) is 16.0 Å². The lowest BCUT2D eigenvalue weighted by atomic mass is 9.83. The lowest BCUT2D eigenvalue weighted by Crippen LogP contribution is -2.40. The quantitative estimate of drug-likeness (QED) is 0.897. The third kappa shape index (κ3) is 3.08. The predicted molar refractivity (Wildman–Crippen MR) is 71.8 cm³/mol. The number of hydrogen-bond acceptors (Lipinski definition) is 2. The van der Waals surface area contributed by atoms with E-state index in [0.717, 1.165) is 6.42 Å². The molecule has 1 saturated carbocycles. The molecule has 1 unspecified atom stereocenters. The van der Waals surface area contributed by atoms with Crippen LogP contribution in [0.1, 0.15) is 55.8 Å². The van der Waals surface area contributed by atoms with Crippen molar-refractivity contribution < 1.29 is 9.21 Å². The summed E-state index contributed by atoms with van der Waals surface area (Å²) in [7, 11) is 0. The Bertz CT molecular complexity index is 396. The van der Waals surface area contributed by atoms with Crippen molar-refractivity contribution >= 4 is 17.5 Å². The first-order chi connectivity index (χ1) is 8.72. The summed E-state index contributed by atoms with van der Waals surface area (Å²) >= 11 is 5.82. The highest BCUT2D eigenvalue weighted by Crippen LogP contribution is 2.28. The molecule has 0 spiro atoms. The van der Waals surface area contributed by atoms with Gasteiger partial charge in [-0.05, 0) is 42.8 Å². The van der Waals surface area contributed by atoms with E-state index in [-0.39, 0.29) is 17.2 Å². The normalized spacial score (nSPS) is 18.6. The number of rotatable bonds is 4. The fourth-order valence-corrected chi connectivity index (χ4v) is 2.99. The summed E-state index contributed by atoms with van der Waals surface area (Å²) in [5.41, 5.74) is 0.436. The second-order valence-corrected chi connectivity index (χ2v) is 5.34. The summed E-state index contributed by atoms with van der Waals surface area (Å²) in [4.78, 5) is 12.1. The van der Waals surface area contributed by atoms with E-state index in [0.29, 0.717) is 11.5 Å². The van der Waals surface area contributed by atoms with Crippen LogP contribution in [0.4, 0.5) is 0 Å². The van der Waals surface area contributed by atoms with Gasteiger partial charge in [0.25, 0.3) is 5.91 Å². The minimum Gasteiger partial charge on any atom is -0.452 e. The Balaban J connectivity index is 1.97. The molecular weight excluding hydrogens is 250 g/mol. The molecule has 1 fully saturated rings. The van der Waals surface area contributed by atoms with Gasteiger partial charge in [-0.3, -0.25) is 4.79 Å². The van der Waals surface area contributed by atoms with Gasteiger partial charge in [-0.15, -0.1) is 0 Å². The molecule has 2 rings (SSSR count). The van der Waals surface area contributed by atoms with Crippen LogP contribution >= 0.6 is 11.6 Å². The van der Waals surface area contributed by atoms with Gasteiger partial charge in [0.15, 0.2) is 0 Å². The number of carbonyl (C=O) groups is 1. The third-order valence-corrected chi connectivity index (χ3v) is 4.13. The highest BCUT2D eigenvalue weighted by molar-refractivity contribution is 6.32. The third-order valence-electron chi connectivity index (χ3n) is 3.84. The van der Waals surface area contributed by atoms with E-state index in [1.807, 2.05) is 0 Å². The van der Waals surface area contributed by atoms with E-state index in [9.17, 15) is 4.79 Å². The fourth-order valence-electron chi connectivity index (χ4n) is 2.79. The van der Waals surface area contributed by atoms with E-state index < -0.39 is 0 Å². The molecule has 1 heterocycles. The molecular formula is C14H20ClNO2. The number of amides is 1. The lowest BCUT2D eigenvalue weighted by molar-refractivity contribution is 0.0910. The maximum atomic E-state index is 12.1. The van der Waals surface area contributed by atoms with Crippen LogP contribution < -0.4 is 5.32 Å². The van der Waals surface area contributed by atoms with Crippen LogP contribution in [0.5, 0.6) is 0 Å². The van der Waals surface area contributed by atoms with E-state index in [1.165, 1.54) is 38.4 Å². The van der Waals surface area contributed by atoms with Crippen LogP contribution in [0.25, 0.3) is 0 Å². The predicted octanol–water partition coefficient (Wildman–Crippen LogP) is 4.02. The molecule has 0 aromatic carbocycles. The monoisotopic (exact) mass is 269 g/mol. The first-order valence-electron chi connectivity index (χ1n) is 6.76. The number of nitrogens with one attached hydrogen (secondary N) is 1. The van der Waals surface area contributed by atoms with Gasteiger partial charge in [-0.1, -0.05) is 26.2 Å². The van der Waals surface area contributed by atoms with Crippen LogP contribution in [0.15, 0.2) is 16.7 Å². The summed E-state index contributed by atoms with van der Waals surface area (Å²) in [5, 5.41) is 3.27. The van der Waals surface area contributed by atoms with Crippen LogP contribution in [0.3, 0.4) is 0 Å². The summed E-state index contributed by atoms with van der Waals surface area (Å²) in [5.74, 6) is 0.490. The van der Waals surface area contributed by atoms with Gasteiger partial charge < -0.3 is 9.73 Å². The molecule has 0 saturated heterocycles. The molecule has 0 radical (unpaired) electrons. The van der Waals surface area contributed by atoms with Crippen LogP contribution in [-0.4, -0.2) is 11.9 Å². The molecule has 1 aliphatic carbocycles. The molecule has 1 aromatic rings. The highest BCUT2D eigenvalue weighted by atomic mass is 35.5. The molecule has 1 N–H and O–H groups in total. The van der Waals surface area contributed by atoms with Crippen LogP contribution in [0.2, 0.25) is 5.22 Å². The Kier molecular flexibility index (Phi) is 4.70. The first-order valence-corrected chi connectivity index (χ1v) is 7.14. The maximum Gasteiger partial charge on any atom is 0.256 e. The van der Waals surface area contributed by atoms with Gasteiger partial charge in [0.2, 0.25) is 5.22 Å². The van der Waals surface area contributed by atoms with Gasteiger partial charge in [-0.25, -0.2) is 0 Å². The Hall–Kier alpha value is -0.960. The van der Waals surface area contributed by atoms with Crippen molar-refractivity contribution in [2.75, 3.05) is 0 Å². The molecule has 0 aliphatic heterocycles. The minimum atomic E-state index is -0.119. The van der Waals surface area contributed by atoms with Crippen molar-refractivity contribution in [1.82, 2.24) is 5.32 Å².